The number of alkyl halides is 3. The zero-order chi connectivity index (χ0) is 14.9. The molecule has 0 saturated carbocycles. The van der Waals surface area contributed by atoms with E-state index in [-0.39, 0.29) is 6.92 Å². The van der Waals surface area contributed by atoms with E-state index in [9.17, 15) is 26.4 Å². The summed E-state index contributed by atoms with van der Waals surface area (Å²) < 4.78 is 62.7. The summed E-state index contributed by atoms with van der Waals surface area (Å²) in [5.74, 6) is -2.33. The molecule has 1 aromatic carbocycles. The van der Waals surface area contributed by atoms with Gasteiger partial charge in [0.05, 0.1) is 4.90 Å². The third kappa shape index (κ3) is 3.04. The predicted octanol–water partition coefficient (Wildman–Crippen LogP) is 1.37. The number of sulfonamides is 1. The number of halogens is 3. The zero-order valence-electron chi connectivity index (χ0n) is 9.60. The maximum Gasteiger partial charge on any atom is 0.418 e. The van der Waals surface area contributed by atoms with E-state index in [2.05, 4.69) is 0 Å². The smallest absolute Gasteiger partial charge is 0.418 e. The van der Waals surface area contributed by atoms with Crippen molar-refractivity contribution in [1.82, 2.24) is 4.72 Å². The van der Waals surface area contributed by atoms with Gasteiger partial charge < -0.3 is 5.11 Å². The molecular weight excluding hydrogens is 287 g/mol. The van der Waals surface area contributed by atoms with Crippen LogP contribution in [0, 0.1) is 0 Å². The topological polar surface area (TPSA) is 83.5 Å². The minimum Gasteiger partial charge on any atom is -0.480 e. The van der Waals surface area contributed by atoms with Gasteiger partial charge in [-0.3, -0.25) is 0 Å². The normalized spacial score (nSPS) is 15.8. The van der Waals surface area contributed by atoms with Crippen molar-refractivity contribution in [3.63, 3.8) is 0 Å². The molecule has 0 aliphatic rings. The van der Waals surface area contributed by atoms with Gasteiger partial charge >= 0.3 is 12.1 Å². The second-order valence-corrected chi connectivity index (χ2v) is 5.53. The summed E-state index contributed by atoms with van der Waals surface area (Å²) in [6.45, 7) is 0.246. The Morgan fingerprint density at radius 1 is 1.21 bits per heavy atom. The van der Waals surface area contributed by atoms with Crippen LogP contribution >= 0.6 is 0 Å². The van der Waals surface area contributed by atoms with Crippen LogP contribution in [0.15, 0.2) is 35.2 Å². The molecule has 0 aliphatic heterocycles. The van der Waals surface area contributed by atoms with Crippen LogP contribution in [0.4, 0.5) is 13.2 Å². The molecule has 0 bridgehead atoms. The number of carboxylic acid groups (broad SMARTS) is 1. The van der Waals surface area contributed by atoms with Crippen molar-refractivity contribution in [2.75, 3.05) is 0 Å². The largest absolute Gasteiger partial charge is 0.480 e. The van der Waals surface area contributed by atoms with Gasteiger partial charge in [-0.05, 0) is 19.1 Å². The van der Waals surface area contributed by atoms with Crippen molar-refractivity contribution >= 4 is 16.0 Å². The number of carbonyl (C=O) groups is 1. The Bertz CT molecular complexity index is 570. The molecule has 0 saturated heterocycles. The van der Waals surface area contributed by atoms with Crippen molar-refractivity contribution < 1.29 is 31.5 Å². The lowest BCUT2D eigenvalue weighted by molar-refractivity contribution is -0.201. The minimum atomic E-state index is -5.28. The predicted molar refractivity (Wildman–Crippen MR) is 58.9 cm³/mol. The van der Waals surface area contributed by atoms with E-state index in [0.717, 1.165) is 12.1 Å². The van der Waals surface area contributed by atoms with Gasteiger partial charge in [0.1, 0.15) is 0 Å². The van der Waals surface area contributed by atoms with E-state index in [0.29, 0.717) is 0 Å². The Balaban J connectivity index is 3.23. The molecule has 2 N–H and O–H groups in total. The average Bonchev–Trinajstić information content (AvgIpc) is 2.28. The molecule has 1 unspecified atom stereocenters. The van der Waals surface area contributed by atoms with Gasteiger partial charge in [0, 0.05) is 0 Å². The molecule has 0 heterocycles. The van der Waals surface area contributed by atoms with Crippen LogP contribution in [0.2, 0.25) is 0 Å². The standard InChI is InChI=1S/C10H10F3NO4S/c1-9(8(15)16,10(11,12)13)14-19(17,18)7-5-3-2-4-6-7/h2-6,14H,1H3,(H,15,16). The van der Waals surface area contributed by atoms with Gasteiger partial charge in [-0.25, -0.2) is 13.2 Å². The molecule has 0 fully saturated rings. The third-order valence-electron chi connectivity index (χ3n) is 2.39. The zero-order valence-corrected chi connectivity index (χ0v) is 10.4. The SMILES string of the molecule is CC(NS(=O)(=O)c1ccccc1)(C(=O)O)C(F)(F)F. The van der Waals surface area contributed by atoms with E-state index < -0.39 is 32.6 Å². The third-order valence-corrected chi connectivity index (χ3v) is 3.96. The fourth-order valence-electron chi connectivity index (χ4n) is 1.15. The number of hydrogen-bond acceptors (Lipinski definition) is 3. The van der Waals surface area contributed by atoms with Gasteiger partial charge in [-0.2, -0.15) is 17.9 Å². The lowest BCUT2D eigenvalue weighted by atomic mass is 10.0. The second kappa shape index (κ2) is 4.82. The summed E-state index contributed by atoms with van der Waals surface area (Å²) in [7, 11) is -4.60. The van der Waals surface area contributed by atoms with Crippen LogP contribution < -0.4 is 4.72 Å². The molecule has 1 atom stereocenters. The first kappa shape index (κ1) is 15.4. The van der Waals surface area contributed by atoms with Crippen molar-refractivity contribution in [3.8, 4) is 0 Å². The molecule has 1 rings (SSSR count). The second-order valence-electron chi connectivity index (χ2n) is 3.85. The molecule has 106 valence electrons. The molecule has 0 radical (unpaired) electrons. The monoisotopic (exact) mass is 297 g/mol. The number of carboxylic acids is 1. The van der Waals surface area contributed by atoms with E-state index in [4.69, 9.17) is 5.11 Å². The molecule has 1 aromatic rings. The van der Waals surface area contributed by atoms with Crippen molar-refractivity contribution in [3.05, 3.63) is 30.3 Å². The molecular formula is C10H10F3NO4S. The number of aliphatic carboxylic acids is 1. The Morgan fingerprint density at radius 2 is 1.68 bits per heavy atom. The highest BCUT2D eigenvalue weighted by molar-refractivity contribution is 7.89. The summed E-state index contributed by atoms with van der Waals surface area (Å²) in [5, 5.41) is 8.63. The van der Waals surface area contributed by atoms with Crippen LogP contribution in [0.25, 0.3) is 0 Å². The number of benzene rings is 1. The summed E-state index contributed by atoms with van der Waals surface area (Å²) in [6, 6.07) is 6.20. The molecule has 0 amide bonds. The van der Waals surface area contributed by atoms with Crippen LogP contribution in [0.3, 0.4) is 0 Å². The van der Waals surface area contributed by atoms with Gasteiger partial charge in [0.2, 0.25) is 15.6 Å². The molecule has 5 nitrogen and oxygen atoms in total. The fourth-order valence-corrected chi connectivity index (χ4v) is 2.52. The van der Waals surface area contributed by atoms with Gasteiger partial charge in [0.15, 0.2) is 0 Å². The highest BCUT2D eigenvalue weighted by atomic mass is 32.2. The number of nitrogens with one attached hydrogen (secondary N) is 1. The average molecular weight is 297 g/mol. The molecule has 19 heavy (non-hydrogen) atoms. The summed E-state index contributed by atoms with van der Waals surface area (Å²) in [4.78, 5) is 10.3. The number of rotatable bonds is 4. The Labute approximate surface area is 107 Å². The fraction of sp³-hybridized carbons (Fsp3) is 0.300. The van der Waals surface area contributed by atoms with E-state index in [1.807, 2.05) is 0 Å². The summed E-state index contributed by atoms with van der Waals surface area (Å²) in [5.41, 5.74) is -3.60. The van der Waals surface area contributed by atoms with Crippen LogP contribution in [-0.4, -0.2) is 31.2 Å². The van der Waals surface area contributed by atoms with Gasteiger partial charge in [-0.15, -0.1) is 0 Å². The Hall–Kier alpha value is -1.61. The van der Waals surface area contributed by atoms with Crippen LogP contribution in [0.5, 0.6) is 0 Å². The quantitative estimate of drug-likeness (QED) is 0.879. The summed E-state index contributed by atoms with van der Waals surface area (Å²) in [6.07, 6.45) is -5.28. The lowest BCUT2D eigenvalue weighted by Crippen LogP contribution is -2.61. The minimum absolute atomic E-state index is 0.246. The van der Waals surface area contributed by atoms with E-state index in [1.54, 1.807) is 0 Å². The maximum atomic E-state index is 12.7. The van der Waals surface area contributed by atoms with Crippen LogP contribution in [0.1, 0.15) is 6.92 Å². The highest BCUT2D eigenvalue weighted by Crippen LogP contribution is 2.31. The molecule has 0 spiro atoms. The van der Waals surface area contributed by atoms with Crippen molar-refractivity contribution in [1.29, 1.82) is 0 Å². The van der Waals surface area contributed by atoms with Gasteiger partial charge in [-0.1, -0.05) is 18.2 Å². The lowest BCUT2D eigenvalue weighted by Gasteiger charge is -2.28. The Morgan fingerprint density at radius 3 is 2.05 bits per heavy atom. The molecule has 9 heteroatoms. The first-order valence-corrected chi connectivity index (χ1v) is 6.38. The maximum absolute atomic E-state index is 12.7. The summed E-state index contributed by atoms with van der Waals surface area (Å²) >= 11 is 0. The van der Waals surface area contributed by atoms with Crippen molar-refractivity contribution in [2.45, 2.75) is 23.5 Å². The number of hydrogen-bond donors (Lipinski definition) is 2. The highest BCUT2D eigenvalue weighted by Gasteiger charge is 2.59. The van der Waals surface area contributed by atoms with Crippen molar-refractivity contribution in [2.24, 2.45) is 0 Å². The molecule has 0 aliphatic carbocycles. The van der Waals surface area contributed by atoms with E-state index >= 15 is 0 Å². The van der Waals surface area contributed by atoms with Crippen LogP contribution in [-0.2, 0) is 14.8 Å². The Kier molecular flexibility index (Phi) is 3.92. The van der Waals surface area contributed by atoms with E-state index in [1.165, 1.54) is 22.9 Å². The molecule has 0 aromatic heterocycles. The first-order chi connectivity index (χ1) is 8.51. The first-order valence-electron chi connectivity index (χ1n) is 4.90. The van der Waals surface area contributed by atoms with Gasteiger partial charge in [0.25, 0.3) is 0 Å².